The summed E-state index contributed by atoms with van der Waals surface area (Å²) >= 11 is 0. The number of halogens is 3. The van der Waals surface area contributed by atoms with Crippen molar-refractivity contribution in [2.45, 2.75) is 37.9 Å². The van der Waals surface area contributed by atoms with E-state index in [4.69, 9.17) is 4.42 Å². The number of hydrogen-bond acceptors (Lipinski definition) is 6. The van der Waals surface area contributed by atoms with Crippen molar-refractivity contribution in [2.24, 2.45) is 0 Å². The van der Waals surface area contributed by atoms with Crippen LogP contribution in [0, 0.1) is 0 Å². The van der Waals surface area contributed by atoms with Crippen LogP contribution in [0.1, 0.15) is 37.0 Å². The molecule has 3 heterocycles. The van der Waals surface area contributed by atoms with E-state index in [1.807, 2.05) is 0 Å². The average Bonchev–Trinajstić information content (AvgIpc) is 3.11. The summed E-state index contributed by atoms with van der Waals surface area (Å²) in [6.07, 6.45) is -2.29. The first-order valence-electron chi connectivity index (χ1n) is 8.22. The number of aryl methyl sites for hydroxylation is 1. The van der Waals surface area contributed by atoms with Gasteiger partial charge in [0, 0.05) is 38.3 Å². The van der Waals surface area contributed by atoms with E-state index in [1.54, 1.807) is 0 Å². The van der Waals surface area contributed by atoms with Gasteiger partial charge >= 0.3 is 17.8 Å². The molecule has 0 saturated carbocycles. The molecule has 0 radical (unpaired) electrons. The third kappa shape index (κ3) is 4.44. The van der Waals surface area contributed by atoms with Gasteiger partial charge in [0.05, 0.1) is 5.92 Å². The smallest absolute Gasteiger partial charge is 0.417 e. The standard InChI is InChI=1S/C15H16F3N5O4/c16-15(17,18)13-21-20-12(27-13)9-2-1-5-23(8-9)11(25)4-7-22-6-3-10(24)19-14(22)26/h3,6,9H,1-2,4-5,7-8H2,(H,19,24,26). The molecule has 1 unspecified atom stereocenters. The zero-order valence-corrected chi connectivity index (χ0v) is 14.0. The number of hydrogen-bond donors (Lipinski definition) is 1. The Morgan fingerprint density at radius 2 is 2.11 bits per heavy atom. The number of carbonyl (C=O) groups is 1. The number of nitrogens with one attached hydrogen (secondary N) is 1. The summed E-state index contributed by atoms with van der Waals surface area (Å²) < 4.78 is 43.7. The fraction of sp³-hybridized carbons (Fsp3) is 0.533. The van der Waals surface area contributed by atoms with Gasteiger partial charge in [0.15, 0.2) is 0 Å². The molecule has 1 aliphatic heterocycles. The topological polar surface area (TPSA) is 114 Å². The van der Waals surface area contributed by atoms with Crippen LogP contribution in [0.25, 0.3) is 0 Å². The summed E-state index contributed by atoms with van der Waals surface area (Å²) in [4.78, 5) is 38.6. The maximum atomic E-state index is 12.6. The van der Waals surface area contributed by atoms with Crippen LogP contribution in [0.3, 0.4) is 0 Å². The van der Waals surface area contributed by atoms with Crippen LogP contribution in [0.15, 0.2) is 26.3 Å². The summed E-state index contributed by atoms with van der Waals surface area (Å²) in [5.41, 5.74) is -1.14. The van der Waals surface area contributed by atoms with Crippen LogP contribution >= 0.6 is 0 Å². The lowest BCUT2D eigenvalue weighted by atomic mass is 9.98. The molecule has 3 rings (SSSR count). The monoisotopic (exact) mass is 387 g/mol. The van der Waals surface area contributed by atoms with Crippen molar-refractivity contribution in [3.05, 3.63) is 44.9 Å². The van der Waals surface area contributed by atoms with E-state index in [1.165, 1.54) is 21.7 Å². The van der Waals surface area contributed by atoms with E-state index < -0.39 is 29.2 Å². The molecule has 0 aromatic carbocycles. The minimum Gasteiger partial charge on any atom is -0.417 e. The molecule has 1 atom stereocenters. The van der Waals surface area contributed by atoms with E-state index in [0.29, 0.717) is 19.4 Å². The Balaban J connectivity index is 1.61. The third-order valence-electron chi connectivity index (χ3n) is 4.27. The number of amides is 1. The highest BCUT2D eigenvalue weighted by Gasteiger charge is 2.39. The molecule has 2 aromatic heterocycles. The molecular weight excluding hydrogens is 371 g/mol. The predicted molar refractivity (Wildman–Crippen MR) is 83.8 cm³/mol. The molecule has 2 aromatic rings. The summed E-state index contributed by atoms with van der Waals surface area (Å²) in [6, 6.07) is 1.18. The van der Waals surface area contributed by atoms with Crippen LogP contribution in [0.2, 0.25) is 0 Å². The van der Waals surface area contributed by atoms with Gasteiger partial charge in [-0.1, -0.05) is 0 Å². The SMILES string of the molecule is O=C(CCn1ccc(=O)[nH]c1=O)N1CCCC(c2nnc(C(F)(F)F)o2)C1. The number of nitrogens with zero attached hydrogens (tertiary/aromatic N) is 4. The van der Waals surface area contributed by atoms with Gasteiger partial charge < -0.3 is 13.9 Å². The second-order valence-corrected chi connectivity index (χ2v) is 6.18. The Hall–Kier alpha value is -2.92. The van der Waals surface area contributed by atoms with E-state index in [9.17, 15) is 27.6 Å². The number of piperidine rings is 1. The molecule has 1 saturated heterocycles. The number of alkyl halides is 3. The second-order valence-electron chi connectivity index (χ2n) is 6.18. The van der Waals surface area contributed by atoms with Gasteiger partial charge in [-0.15, -0.1) is 10.2 Å². The Kier molecular flexibility index (Phi) is 5.15. The Bertz CT molecular complexity index is 932. The number of aromatic nitrogens is 4. The van der Waals surface area contributed by atoms with Crippen molar-refractivity contribution in [3.63, 3.8) is 0 Å². The molecule has 0 aliphatic carbocycles. The first-order chi connectivity index (χ1) is 12.7. The van der Waals surface area contributed by atoms with Crippen LogP contribution in [-0.2, 0) is 17.5 Å². The van der Waals surface area contributed by atoms with Crippen molar-refractivity contribution in [3.8, 4) is 0 Å². The van der Waals surface area contributed by atoms with Crippen LogP contribution < -0.4 is 11.2 Å². The van der Waals surface area contributed by atoms with Crippen molar-refractivity contribution in [1.29, 1.82) is 0 Å². The summed E-state index contributed by atoms with van der Waals surface area (Å²) in [5, 5.41) is 6.47. The highest BCUT2D eigenvalue weighted by Crippen LogP contribution is 2.32. The Labute approximate surface area is 149 Å². The molecule has 146 valence electrons. The number of aromatic amines is 1. The lowest BCUT2D eigenvalue weighted by molar-refractivity contribution is -0.157. The van der Waals surface area contributed by atoms with Crippen molar-refractivity contribution < 1.29 is 22.4 Å². The van der Waals surface area contributed by atoms with Gasteiger partial charge in [0.2, 0.25) is 11.8 Å². The summed E-state index contributed by atoms with van der Waals surface area (Å²) in [5.74, 6) is -2.27. The normalized spacial score (nSPS) is 17.9. The van der Waals surface area contributed by atoms with E-state index in [-0.39, 0.29) is 31.3 Å². The first kappa shape index (κ1) is 18.9. The van der Waals surface area contributed by atoms with Crippen LogP contribution in [0.4, 0.5) is 13.2 Å². The molecule has 1 N–H and O–H groups in total. The Morgan fingerprint density at radius 3 is 2.78 bits per heavy atom. The number of carbonyl (C=O) groups excluding carboxylic acids is 1. The second kappa shape index (κ2) is 7.37. The maximum absolute atomic E-state index is 12.6. The average molecular weight is 387 g/mol. The highest BCUT2D eigenvalue weighted by atomic mass is 19.4. The zero-order valence-electron chi connectivity index (χ0n) is 14.0. The predicted octanol–water partition coefficient (Wildman–Crippen LogP) is 0.735. The van der Waals surface area contributed by atoms with Gasteiger partial charge in [0.25, 0.3) is 5.56 Å². The minimum atomic E-state index is -4.71. The first-order valence-corrected chi connectivity index (χ1v) is 8.22. The molecule has 9 nitrogen and oxygen atoms in total. The van der Waals surface area contributed by atoms with Crippen molar-refractivity contribution in [1.82, 2.24) is 24.6 Å². The number of rotatable bonds is 4. The fourth-order valence-electron chi connectivity index (χ4n) is 2.91. The maximum Gasteiger partial charge on any atom is 0.470 e. The lowest BCUT2D eigenvalue weighted by Gasteiger charge is -2.31. The molecule has 1 amide bonds. The zero-order chi connectivity index (χ0) is 19.6. The quantitative estimate of drug-likeness (QED) is 0.828. The Morgan fingerprint density at radius 1 is 1.33 bits per heavy atom. The molecular formula is C15H16F3N5O4. The fourth-order valence-corrected chi connectivity index (χ4v) is 2.91. The molecule has 27 heavy (non-hydrogen) atoms. The van der Waals surface area contributed by atoms with Crippen molar-refractivity contribution >= 4 is 5.91 Å². The van der Waals surface area contributed by atoms with E-state index >= 15 is 0 Å². The lowest BCUT2D eigenvalue weighted by Crippen LogP contribution is -2.40. The van der Waals surface area contributed by atoms with Gasteiger partial charge in [-0.25, -0.2) is 4.79 Å². The van der Waals surface area contributed by atoms with Gasteiger partial charge in [0.1, 0.15) is 0 Å². The van der Waals surface area contributed by atoms with E-state index in [0.717, 1.165) is 0 Å². The molecule has 0 spiro atoms. The van der Waals surface area contributed by atoms with Crippen molar-refractivity contribution in [2.75, 3.05) is 13.1 Å². The largest absolute Gasteiger partial charge is 0.470 e. The molecule has 1 aliphatic rings. The van der Waals surface area contributed by atoms with Gasteiger partial charge in [-0.3, -0.25) is 14.6 Å². The molecule has 1 fully saturated rings. The molecule has 12 heteroatoms. The number of H-pyrrole nitrogens is 1. The highest BCUT2D eigenvalue weighted by molar-refractivity contribution is 5.76. The number of likely N-dealkylation sites (tertiary alicyclic amines) is 1. The van der Waals surface area contributed by atoms with Crippen LogP contribution in [0.5, 0.6) is 0 Å². The minimum absolute atomic E-state index is 0.0102. The van der Waals surface area contributed by atoms with E-state index in [2.05, 4.69) is 15.2 Å². The van der Waals surface area contributed by atoms with Gasteiger partial charge in [-0.2, -0.15) is 13.2 Å². The summed E-state index contributed by atoms with van der Waals surface area (Å²) in [6.45, 7) is 0.698. The molecule has 0 bridgehead atoms. The third-order valence-corrected chi connectivity index (χ3v) is 4.27. The summed E-state index contributed by atoms with van der Waals surface area (Å²) in [7, 11) is 0. The van der Waals surface area contributed by atoms with Crippen LogP contribution in [-0.4, -0.2) is 43.6 Å². The van der Waals surface area contributed by atoms with Gasteiger partial charge in [-0.05, 0) is 12.8 Å².